The van der Waals surface area contributed by atoms with E-state index in [0.29, 0.717) is 13.1 Å². The van der Waals surface area contributed by atoms with Crippen molar-refractivity contribution in [3.63, 3.8) is 0 Å². The van der Waals surface area contributed by atoms with Gasteiger partial charge in [-0.3, -0.25) is 4.79 Å². The number of methoxy groups -OCH3 is 1. The van der Waals surface area contributed by atoms with E-state index in [2.05, 4.69) is 0 Å². The molecular formula is C19H21ClN2O4S. The summed E-state index contributed by atoms with van der Waals surface area (Å²) in [6, 6.07) is 13.7. The fourth-order valence-corrected chi connectivity index (χ4v) is 4.92. The molecule has 3 rings (SSSR count). The fourth-order valence-electron chi connectivity index (χ4n) is 3.00. The van der Waals surface area contributed by atoms with Crippen LogP contribution in [0, 0.1) is 0 Å². The molecule has 1 saturated heterocycles. The summed E-state index contributed by atoms with van der Waals surface area (Å²) >= 11 is 6.04. The summed E-state index contributed by atoms with van der Waals surface area (Å²) in [7, 11) is -2.07. The second-order valence-electron chi connectivity index (χ2n) is 6.24. The third kappa shape index (κ3) is 4.43. The average Bonchev–Trinajstić information content (AvgIpc) is 2.69. The number of halogens is 1. The summed E-state index contributed by atoms with van der Waals surface area (Å²) in [5, 5.41) is 0.204. The van der Waals surface area contributed by atoms with Gasteiger partial charge in [0.2, 0.25) is 15.9 Å². The van der Waals surface area contributed by atoms with Crippen LogP contribution in [0.25, 0.3) is 0 Å². The van der Waals surface area contributed by atoms with Crippen molar-refractivity contribution in [2.45, 2.75) is 11.3 Å². The van der Waals surface area contributed by atoms with Crippen LogP contribution in [0.5, 0.6) is 5.75 Å². The van der Waals surface area contributed by atoms with Gasteiger partial charge >= 0.3 is 0 Å². The molecule has 1 aliphatic rings. The highest BCUT2D eigenvalue weighted by Gasteiger charge is 2.31. The number of amides is 1. The maximum Gasteiger partial charge on any atom is 0.244 e. The van der Waals surface area contributed by atoms with Crippen LogP contribution in [0.15, 0.2) is 53.4 Å². The molecule has 144 valence electrons. The maximum atomic E-state index is 12.8. The molecule has 0 atom stereocenters. The Balaban J connectivity index is 1.61. The number of hydrogen-bond acceptors (Lipinski definition) is 4. The number of piperazine rings is 1. The highest BCUT2D eigenvalue weighted by molar-refractivity contribution is 7.89. The van der Waals surface area contributed by atoms with Gasteiger partial charge in [-0.25, -0.2) is 8.42 Å². The molecule has 2 aromatic rings. The largest absolute Gasteiger partial charge is 0.497 e. The smallest absolute Gasteiger partial charge is 0.244 e. The number of carbonyl (C=O) groups excluding carboxylic acids is 1. The predicted octanol–water partition coefficient (Wildman–Crippen LogP) is 2.42. The van der Waals surface area contributed by atoms with Crippen LogP contribution in [0.3, 0.4) is 0 Å². The predicted molar refractivity (Wildman–Crippen MR) is 103 cm³/mol. The van der Waals surface area contributed by atoms with Crippen molar-refractivity contribution in [1.82, 2.24) is 9.21 Å². The van der Waals surface area contributed by atoms with Crippen LogP contribution in [0.2, 0.25) is 5.02 Å². The van der Waals surface area contributed by atoms with E-state index in [1.165, 1.54) is 10.4 Å². The number of hydrogen-bond donors (Lipinski definition) is 0. The molecule has 0 radical (unpaired) electrons. The first-order chi connectivity index (χ1) is 12.9. The molecule has 6 nitrogen and oxygen atoms in total. The number of nitrogens with zero attached hydrogens (tertiary/aromatic N) is 2. The van der Waals surface area contributed by atoms with Crippen LogP contribution in [0.1, 0.15) is 5.56 Å². The quantitative estimate of drug-likeness (QED) is 0.762. The van der Waals surface area contributed by atoms with Crippen LogP contribution >= 0.6 is 11.6 Å². The minimum absolute atomic E-state index is 0.0186. The Morgan fingerprint density at radius 1 is 1.04 bits per heavy atom. The zero-order valence-electron chi connectivity index (χ0n) is 15.0. The molecule has 0 saturated carbocycles. The van der Waals surface area contributed by atoms with E-state index < -0.39 is 10.0 Å². The first kappa shape index (κ1) is 19.7. The van der Waals surface area contributed by atoms with E-state index in [0.717, 1.165) is 11.3 Å². The minimum Gasteiger partial charge on any atom is -0.497 e. The van der Waals surface area contributed by atoms with Gasteiger partial charge in [-0.2, -0.15) is 4.31 Å². The Bertz CT molecular complexity index is 908. The Morgan fingerprint density at radius 2 is 1.67 bits per heavy atom. The van der Waals surface area contributed by atoms with E-state index in [9.17, 15) is 13.2 Å². The number of sulfonamides is 1. The number of carbonyl (C=O) groups is 1. The van der Waals surface area contributed by atoms with Gasteiger partial charge in [0.1, 0.15) is 10.6 Å². The van der Waals surface area contributed by atoms with Crippen molar-refractivity contribution < 1.29 is 17.9 Å². The van der Waals surface area contributed by atoms with Crippen LogP contribution in [-0.2, 0) is 21.2 Å². The van der Waals surface area contributed by atoms with E-state index in [1.807, 2.05) is 24.3 Å². The molecule has 0 N–H and O–H groups in total. The Morgan fingerprint density at radius 3 is 2.26 bits per heavy atom. The van der Waals surface area contributed by atoms with Gasteiger partial charge in [0.05, 0.1) is 18.6 Å². The third-order valence-corrected chi connectivity index (χ3v) is 6.96. The molecule has 1 heterocycles. The fraction of sp³-hybridized carbons (Fsp3) is 0.316. The van der Waals surface area contributed by atoms with E-state index in [-0.39, 0.29) is 35.3 Å². The molecule has 0 bridgehead atoms. The van der Waals surface area contributed by atoms with E-state index in [1.54, 1.807) is 30.2 Å². The number of benzene rings is 2. The SMILES string of the molecule is COc1ccc(CC(=O)N2CCN(S(=O)(=O)c3ccccc3Cl)CC2)cc1. The van der Waals surface area contributed by atoms with E-state index >= 15 is 0 Å². The zero-order valence-corrected chi connectivity index (χ0v) is 16.5. The summed E-state index contributed by atoms with van der Waals surface area (Å²) in [5.41, 5.74) is 0.895. The third-order valence-electron chi connectivity index (χ3n) is 4.56. The number of ether oxygens (including phenoxy) is 1. The van der Waals surface area contributed by atoms with Crippen molar-refractivity contribution in [3.8, 4) is 5.75 Å². The van der Waals surface area contributed by atoms with Crippen LogP contribution < -0.4 is 4.74 Å². The van der Waals surface area contributed by atoms with Crippen molar-refractivity contribution in [2.24, 2.45) is 0 Å². The van der Waals surface area contributed by atoms with Gasteiger partial charge in [-0.05, 0) is 29.8 Å². The van der Waals surface area contributed by atoms with Gasteiger partial charge in [0, 0.05) is 26.2 Å². The normalized spacial score (nSPS) is 15.6. The standard InChI is InChI=1S/C19H21ClN2O4S/c1-26-16-8-6-15(7-9-16)14-19(23)21-10-12-22(13-11-21)27(24,25)18-5-3-2-4-17(18)20/h2-9H,10-14H2,1H3. The molecule has 1 fully saturated rings. The molecule has 27 heavy (non-hydrogen) atoms. The molecule has 8 heteroatoms. The van der Waals surface area contributed by atoms with Crippen LogP contribution in [0.4, 0.5) is 0 Å². The van der Waals surface area contributed by atoms with Crippen LogP contribution in [-0.4, -0.2) is 56.8 Å². The molecule has 1 aliphatic heterocycles. The van der Waals surface area contributed by atoms with Crippen molar-refractivity contribution in [1.29, 1.82) is 0 Å². The Labute approximate surface area is 164 Å². The van der Waals surface area contributed by atoms with E-state index in [4.69, 9.17) is 16.3 Å². The Hall–Kier alpha value is -2.09. The summed E-state index contributed by atoms with van der Waals surface area (Å²) < 4.78 is 32.0. The first-order valence-electron chi connectivity index (χ1n) is 8.57. The molecule has 0 aromatic heterocycles. The van der Waals surface area contributed by atoms with Crippen molar-refractivity contribution in [3.05, 3.63) is 59.1 Å². The molecule has 1 amide bonds. The molecule has 0 aliphatic carbocycles. The highest BCUT2D eigenvalue weighted by atomic mass is 35.5. The van der Waals surface area contributed by atoms with Crippen molar-refractivity contribution in [2.75, 3.05) is 33.3 Å². The molecular weight excluding hydrogens is 388 g/mol. The second-order valence-corrected chi connectivity index (χ2v) is 8.55. The van der Waals surface area contributed by atoms with Gasteiger partial charge in [0.15, 0.2) is 0 Å². The summed E-state index contributed by atoms with van der Waals surface area (Å²) in [4.78, 5) is 14.3. The zero-order chi connectivity index (χ0) is 19.4. The molecule has 0 spiro atoms. The van der Waals surface area contributed by atoms with Gasteiger partial charge in [-0.15, -0.1) is 0 Å². The molecule has 0 unspecified atom stereocenters. The topological polar surface area (TPSA) is 66.9 Å². The Kier molecular flexibility index (Phi) is 6.04. The summed E-state index contributed by atoms with van der Waals surface area (Å²) in [6.07, 6.45) is 0.279. The lowest BCUT2D eigenvalue weighted by molar-refractivity contribution is -0.131. The maximum absolute atomic E-state index is 12.8. The highest BCUT2D eigenvalue weighted by Crippen LogP contribution is 2.25. The summed E-state index contributed by atoms with van der Waals surface area (Å²) in [6.45, 7) is 1.22. The minimum atomic E-state index is -3.66. The lowest BCUT2D eigenvalue weighted by Gasteiger charge is -2.34. The van der Waals surface area contributed by atoms with Gasteiger partial charge in [-0.1, -0.05) is 35.9 Å². The second kappa shape index (κ2) is 8.29. The first-order valence-corrected chi connectivity index (χ1v) is 10.4. The van der Waals surface area contributed by atoms with Gasteiger partial charge < -0.3 is 9.64 Å². The lowest BCUT2D eigenvalue weighted by atomic mass is 10.1. The monoisotopic (exact) mass is 408 g/mol. The summed E-state index contributed by atoms with van der Waals surface area (Å²) in [5.74, 6) is 0.722. The average molecular weight is 409 g/mol. The van der Waals surface area contributed by atoms with Crippen molar-refractivity contribution >= 4 is 27.5 Å². The molecule has 2 aromatic carbocycles. The van der Waals surface area contributed by atoms with Gasteiger partial charge in [0.25, 0.3) is 0 Å². The number of rotatable bonds is 5. The lowest BCUT2D eigenvalue weighted by Crippen LogP contribution is -2.50.